The lowest BCUT2D eigenvalue weighted by Crippen LogP contribution is -2.30. The third-order valence-electron chi connectivity index (χ3n) is 4.26. The zero-order chi connectivity index (χ0) is 14.5. The summed E-state index contributed by atoms with van der Waals surface area (Å²) in [5.41, 5.74) is 1.01. The first kappa shape index (κ1) is 18.3. The van der Waals surface area contributed by atoms with Crippen LogP contribution < -0.4 is 5.32 Å². The molecule has 1 aromatic carbocycles. The van der Waals surface area contributed by atoms with Crippen molar-refractivity contribution in [2.75, 3.05) is 20.1 Å². The van der Waals surface area contributed by atoms with E-state index >= 15 is 0 Å². The van der Waals surface area contributed by atoms with Gasteiger partial charge in [0.15, 0.2) is 0 Å². The van der Waals surface area contributed by atoms with Crippen LogP contribution >= 0.6 is 24.0 Å². The van der Waals surface area contributed by atoms with Crippen molar-refractivity contribution in [1.29, 1.82) is 0 Å². The Balaban J connectivity index is 0.00000220. The van der Waals surface area contributed by atoms with Crippen LogP contribution in [0.3, 0.4) is 0 Å². The molecule has 0 saturated carbocycles. The molecule has 0 aromatic heterocycles. The molecule has 1 aliphatic heterocycles. The molecule has 1 heterocycles. The summed E-state index contributed by atoms with van der Waals surface area (Å²) in [4.78, 5) is 14.1. The maximum Gasteiger partial charge on any atom is 0.222 e. The van der Waals surface area contributed by atoms with Gasteiger partial charge >= 0.3 is 0 Å². The minimum absolute atomic E-state index is 0. The molecular formula is C16H24Cl2N2O. The fourth-order valence-electron chi connectivity index (χ4n) is 2.70. The normalized spacial score (nSPS) is 18.9. The first-order valence-electron chi connectivity index (χ1n) is 7.30. The third-order valence-corrected chi connectivity index (χ3v) is 4.60. The van der Waals surface area contributed by atoms with Crippen LogP contribution in [0.4, 0.5) is 0 Å². The molecule has 2 rings (SSSR count). The van der Waals surface area contributed by atoms with E-state index in [9.17, 15) is 4.79 Å². The second-order valence-corrected chi connectivity index (χ2v) is 6.01. The second-order valence-electron chi connectivity index (χ2n) is 5.60. The van der Waals surface area contributed by atoms with Gasteiger partial charge in [-0.05, 0) is 50.4 Å². The number of hydrogen-bond donors (Lipinski definition) is 1. The average molecular weight is 331 g/mol. The van der Waals surface area contributed by atoms with Crippen molar-refractivity contribution in [3.63, 3.8) is 0 Å². The van der Waals surface area contributed by atoms with Crippen molar-refractivity contribution in [2.24, 2.45) is 5.92 Å². The highest BCUT2D eigenvalue weighted by Crippen LogP contribution is 2.27. The van der Waals surface area contributed by atoms with Gasteiger partial charge in [-0.1, -0.05) is 29.8 Å². The maximum atomic E-state index is 12.3. The van der Waals surface area contributed by atoms with Crippen molar-refractivity contribution in [2.45, 2.75) is 32.2 Å². The Kier molecular flexibility index (Phi) is 7.50. The third kappa shape index (κ3) is 4.87. The standard InChI is InChI=1S/C16H23ClN2O.ClH/c1-12(14-5-3-4-6-15(14)17)19(2)16(20)8-7-13-9-10-18-11-13;/h3-6,12-13,18H,7-11H2,1-2H3;1H. The molecule has 0 aliphatic carbocycles. The van der Waals surface area contributed by atoms with Crippen molar-refractivity contribution in [3.8, 4) is 0 Å². The molecule has 0 radical (unpaired) electrons. The summed E-state index contributed by atoms with van der Waals surface area (Å²) in [6.45, 7) is 4.16. The highest BCUT2D eigenvalue weighted by molar-refractivity contribution is 6.31. The monoisotopic (exact) mass is 330 g/mol. The summed E-state index contributed by atoms with van der Waals surface area (Å²) in [5, 5.41) is 4.06. The van der Waals surface area contributed by atoms with Crippen LogP contribution in [0.5, 0.6) is 0 Å². The van der Waals surface area contributed by atoms with Gasteiger partial charge in [-0.15, -0.1) is 12.4 Å². The van der Waals surface area contributed by atoms with Crippen LogP contribution in [0.2, 0.25) is 5.02 Å². The lowest BCUT2D eigenvalue weighted by molar-refractivity contribution is -0.132. The van der Waals surface area contributed by atoms with E-state index in [4.69, 9.17) is 11.6 Å². The predicted molar refractivity (Wildman–Crippen MR) is 90.1 cm³/mol. The number of carbonyl (C=O) groups is 1. The summed E-state index contributed by atoms with van der Waals surface area (Å²) in [6.07, 6.45) is 2.79. The topological polar surface area (TPSA) is 32.3 Å². The van der Waals surface area contributed by atoms with E-state index in [1.807, 2.05) is 43.1 Å². The number of amides is 1. The lowest BCUT2D eigenvalue weighted by Gasteiger charge is -2.26. The fraction of sp³-hybridized carbons (Fsp3) is 0.562. The molecule has 1 amide bonds. The summed E-state index contributed by atoms with van der Waals surface area (Å²) in [6, 6.07) is 7.74. The van der Waals surface area contributed by atoms with Crippen LogP contribution in [0.1, 0.15) is 37.8 Å². The molecule has 2 unspecified atom stereocenters. The summed E-state index contributed by atoms with van der Waals surface area (Å²) < 4.78 is 0. The van der Waals surface area contributed by atoms with Crippen molar-refractivity contribution < 1.29 is 4.79 Å². The molecule has 1 saturated heterocycles. The Labute approximate surface area is 138 Å². The van der Waals surface area contributed by atoms with Gasteiger partial charge < -0.3 is 10.2 Å². The van der Waals surface area contributed by atoms with E-state index in [0.29, 0.717) is 12.3 Å². The number of carbonyl (C=O) groups excluding carboxylic acids is 1. The van der Waals surface area contributed by atoms with Crippen LogP contribution in [0, 0.1) is 5.92 Å². The Bertz CT molecular complexity index is 461. The first-order chi connectivity index (χ1) is 9.59. The molecule has 1 aliphatic rings. The average Bonchev–Trinajstić information content (AvgIpc) is 2.97. The van der Waals surface area contributed by atoms with E-state index < -0.39 is 0 Å². The van der Waals surface area contributed by atoms with Gasteiger partial charge in [0, 0.05) is 18.5 Å². The molecule has 21 heavy (non-hydrogen) atoms. The molecule has 1 fully saturated rings. The predicted octanol–water partition coefficient (Wildman–Crippen LogP) is 3.67. The second kappa shape index (κ2) is 8.62. The fourth-order valence-corrected chi connectivity index (χ4v) is 3.00. The number of nitrogens with one attached hydrogen (secondary N) is 1. The van der Waals surface area contributed by atoms with Gasteiger partial charge in [0.25, 0.3) is 0 Å². The highest BCUT2D eigenvalue weighted by atomic mass is 35.5. The molecule has 3 nitrogen and oxygen atoms in total. The smallest absolute Gasteiger partial charge is 0.222 e. The molecule has 1 N–H and O–H groups in total. The number of hydrogen-bond acceptors (Lipinski definition) is 2. The van der Waals surface area contributed by atoms with Gasteiger partial charge in [0.2, 0.25) is 5.91 Å². The minimum Gasteiger partial charge on any atom is -0.339 e. The number of rotatable bonds is 5. The van der Waals surface area contributed by atoms with Crippen molar-refractivity contribution in [1.82, 2.24) is 10.2 Å². The van der Waals surface area contributed by atoms with Crippen LogP contribution in [0.25, 0.3) is 0 Å². The van der Waals surface area contributed by atoms with E-state index in [-0.39, 0.29) is 24.4 Å². The summed E-state index contributed by atoms with van der Waals surface area (Å²) in [7, 11) is 1.86. The largest absolute Gasteiger partial charge is 0.339 e. The molecular weight excluding hydrogens is 307 g/mol. The quantitative estimate of drug-likeness (QED) is 0.893. The van der Waals surface area contributed by atoms with E-state index in [2.05, 4.69) is 5.32 Å². The molecule has 118 valence electrons. The molecule has 2 atom stereocenters. The maximum absolute atomic E-state index is 12.3. The Hall–Kier alpha value is -0.770. The van der Waals surface area contributed by atoms with Gasteiger partial charge in [-0.2, -0.15) is 0 Å². The molecule has 1 aromatic rings. The van der Waals surface area contributed by atoms with Gasteiger partial charge in [0.05, 0.1) is 6.04 Å². The van der Waals surface area contributed by atoms with Gasteiger partial charge in [-0.25, -0.2) is 0 Å². The summed E-state index contributed by atoms with van der Waals surface area (Å²) in [5.74, 6) is 0.854. The zero-order valence-electron chi connectivity index (χ0n) is 12.6. The molecule has 0 spiro atoms. The van der Waals surface area contributed by atoms with Crippen LogP contribution in [-0.4, -0.2) is 30.9 Å². The lowest BCUT2D eigenvalue weighted by atomic mass is 10.0. The molecule has 5 heteroatoms. The Morgan fingerprint density at radius 3 is 2.81 bits per heavy atom. The first-order valence-corrected chi connectivity index (χ1v) is 7.68. The van der Waals surface area contributed by atoms with E-state index in [0.717, 1.165) is 30.1 Å². The van der Waals surface area contributed by atoms with Crippen LogP contribution in [-0.2, 0) is 4.79 Å². The Morgan fingerprint density at radius 2 is 2.19 bits per heavy atom. The van der Waals surface area contributed by atoms with Crippen LogP contribution in [0.15, 0.2) is 24.3 Å². The molecule has 0 bridgehead atoms. The van der Waals surface area contributed by atoms with Gasteiger partial charge in [0.1, 0.15) is 0 Å². The van der Waals surface area contributed by atoms with Gasteiger partial charge in [-0.3, -0.25) is 4.79 Å². The SMILES string of the molecule is CC(c1ccccc1Cl)N(C)C(=O)CCC1CCNC1.Cl. The van der Waals surface area contributed by atoms with Crippen molar-refractivity contribution in [3.05, 3.63) is 34.9 Å². The number of benzene rings is 1. The van der Waals surface area contributed by atoms with Crippen molar-refractivity contribution >= 4 is 29.9 Å². The number of nitrogens with zero attached hydrogens (tertiary/aromatic N) is 1. The zero-order valence-corrected chi connectivity index (χ0v) is 14.2. The van der Waals surface area contributed by atoms with E-state index in [1.54, 1.807) is 0 Å². The number of halogens is 2. The minimum atomic E-state index is 0. The Morgan fingerprint density at radius 1 is 1.48 bits per heavy atom. The van der Waals surface area contributed by atoms with E-state index in [1.165, 1.54) is 6.42 Å². The summed E-state index contributed by atoms with van der Waals surface area (Å²) >= 11 is 6.20. The highest BCUT2D eigenvalue weighted by Gasteiger charge is 2.21.